The predicted molar refractivity (Wildman–Crippen MR) is 133 cm³/mol. The minimum absolute atomic E-state index is 0.152. The minimum atomic E-state index is -0.590. The molecule has 1 N–H and O–H groups in total. The Hall–Kier alpha value is -3.18. The molecule has 1 heterocycles. The maximum atomic E-state index is 13.2. The number of aryl methyl sites for hydroxylation is 1. The van der Waals surface area contributed by atoms with Gasteiger partial charge < -0.3 is 14.9 Å². The van der Waals surface area contributed by atoms with Gasteiger partial charge in [0.2, 0.25) is 0 Å². The fourth-order valence-electron chi connectivity index (χ4n) is 4.25. The number of hydrogen-bond donors (Lipinski definition) is 1. The molecule has 33 heavy (non-hydrogen) atoms. The van der Waals surface area contributed by atoms with Gasteiger partial charge in [0.1, 0.15) is 0 Å². The van der Waals surface area contributed by atoms with E-state index < -0.39 is 17.7 Å². The van der Waals surface area contributed by atoms with E-state index in [1.165, 1.54) is 11.6 Å². The zero-order valence-electron chi connectivity index (χ0n) is 19.8. The molecule has 1 aliphatic rings. The summed E-state index contributed by atoms with van der Waals surface area (Å²) >= 11 is 0. The fourth-order valence-corrected chi connectivity index (χ4v) is 4.25. The van der Waals surface area contributed by atoms with Crippen LogP contribution in [0.3, 0.4) is 0 Å². The highest BCUT2D eigenvalue weighted by molar-refractivity contribution is 6.14. The molecule has 0 bridgehead atoms. The molecule has 0 spiro atoms. The van der Waals surface area contributed by atoms with Crippen molar-refractivity contribution in [2.75, 3.05) is 26.2 Å². The Morgan fingerprint density at radius 1 is 1.03 bits per heavy atom. The normalized spacial score (nSPS) is 16.4. The van der Waals surface area contributed by atoms with E-state index in [4.69, 9.17) is 0 Å². The van der Waals surface area contributed by atoms with E-state index in [0.717, 1.165) is 43.6 Å². The van der Waals surface area contributed by atoms with Crippen molar-refractivity contribution >= 4 is 17.8 Å². The number of amides is 1. The van der Waals surface area contributed by atoms with E-state index in [-0.39, 0.29) is 11.4 Å². The van der Waals surface area contributed by atoms with Crippen molar-refractivity contribution in [3.63, 3.8) is 0 Å². The predicted octanol–water partition coefficient (Wildman–Crippen LogP) is 4.96. The van der Waals surface area contributed by atoms with Crippen LogP contribution in [-0.4, -0.2) is 52.8 Å². The number of aliphatic hydroxyl groups is 1. The lowest BCUT2D eigenvalue weighted by atomic mass is 9.94. The summed E-state index contributed by atoms with van der Waals surface area (Å²) in [5, 5.41) is 10.8. The van der Waals surface area contributed by atoms with Crippen LogP contribution in [0.2, 0.25) is 0 Å². The number of rotatable bonds is 11. The van der Waals surface area contributed by atoms with Crippen molar-refractivity contribution in [3.8, 4) is 0 Å². The van der Waals surface area contributed by atoms with Crippen LogP contribution in [0.25, 0.3) is 6.08 Å². The molecule has 0 aliphatic carbocycles. The Morgan fingerprint density at radius 2 is 1.70 bits per heavy atom. The van der Waals surface area contributed by atoms with Crippen molar-refractivity contribution in [1.29, 1.82) is 0 Å². The van der Waals surface area contributed by atoms with Crippen molar-refractivity contribution in [3.05, 3.63) is 88.7 Å². The molecule has 0 radical (unpaired) electrons. The van der Waals surface area contributed by atoms with Crippen molar-refractivity contribution < 1.29 is 14.7 Å². The van der Waals surface area contributed by atoms with Gasteiger partial charge in [-0.25, -0.2) is 0 Å². The first kappa shape index (κ1) is 24.5. The molecule has 1 amide bonds. The first-order chi connectivity index (χ1) is 16.0. The molecule has 0 aromatic heterocycles. The molecule has 1 unspecified atom stereocenters. The largest absolute Gasteiger partial charge is 0.503 e. The van der Waals surface area contributed by atoms with Crippen LogP contribution >= 0.6 is 0 Å². The second kappa shape index (κ2) is 11.6. The van der Waals surface area contributed by atoms with E-state index in [0.29, 0.717) is 6.54 Å². The van der Waals surface area contributed by atoms with E-state index in [1.54, 1.807) is 11.0 Å². The molecule has 0 saturated heterocycles. The van der Waals surface area contributed by atoms with Gasteiger partial charge in [0.25, 0.3) is 5.91 Å². The lowest BCUT2D eigenvalue weighted by Crippen LogP contribution is -2.34. The highest BCUT2D eigenvalue weighted by Gasteiger charge is 2.42. The van der Waals surface area contributed by atoms with E-state index in [9.17, 15) is 14.7 Å². The molecule has 1 atom stereocenters. The summed E-state index contributed by atoms with van der Waals surface area (Å²) in [5.41, 5.74) is 3.06. The number of carbonyl (C=O) groups excluding carboxylic acids is 2. The average Bonchev–Trinajstić information content (AvgIpc) is 3.11. The topological polar surface area (TPSA) is 60.9 Å². The van der Waals surface area contributed by atoms with E-state index in [2.05, 4.69) is 25.7 Å². The van der Waals surface area contributed by atoms with Crippen LogP contribution < -0.4 is 0 Å². The number of carbonyl (C=O) groups is 2. The summed E-state index contributed by atoms with van der Waals surface area (Å²) in [6.45, 7) is 9.54. The van der Waals surface area contributed by atoms with Crippen LogP contribution in [0, 0.1) is 0 Å². The summed E-state index contributed by atoms with van der Waals surface area (Å²) in [5.74, 6) is -1.26. The Kier molecular flexibility index (Phi) is 8.61. The molecule has 2 aromatic carbocycles. The van der Waals surface area contributed by atoms with Crippen LogP contribution in [0.15, 0.2) is 72.0 Å². The Morgan fingerprint density at radius 3 is 2.30 bits per heavy atom. The van der Waals surface area contributed by atoms with Crippen LogP contribution in [-0.2, 0) is 16.0 Å². The number of benzene rings is 2. The summed E-state index contributed by atoms with van der Waals surface area (Å²) < 4.78 is 0. The molecule has 2 aromatic rings. The van der Waals surface area contributed by atoms with Crippen molar-refractivity contribution in [2.45, 2.75) is 39.7 Å². The third kappa shape index (κ3) is 5.79. The third-order valence-corrected chi connectivity index (χ3v) is 6.27. The maximum absolute atomic E-state index is 13.2. The number of allylic oxidation sites excluding steroid dienone is 1. The lowest BCUT2D eigenvalue weighted by molar-refractivity contribution is -0.129. The molecular formula is C28H34N2O3. The maximum Gasteiger partial charge on any atom is 0.290 e. The summed E-state index contributed by atoms with van der Waals surface area (Å²) in [4.78, 5) is 30.2. The Labute approximate surface area is 197 Å². The minimum Gasteiger partial charge on any atom is -0.503 e. The standard InChI is InChI=1S/C28H34N2O3/c1-4-21-13-16-23(17-14-21)26-25(24(31)18-15-22-11-8-7-9-12-22)27(32)28(33)30(26)20-10-19-29(5-2)6-3/h7-9,11-18,26,32H,4-6,10,19-20H2,1-3H3/b18-15+. The summed E-state index contributed by atoms with van der Waals surface area (Å²) in [7, 11) is 0. The van der Waals surface area contributed by atoms with Gasteiger partial charge in [-0.3, -0.25) is 9.59 Å². The number of aliphatic hydroxyl groups excluding tert-OH is 1. The van der Waals surface area contributed by atoms with Gasteiger partial charge in [-0.15, -0.1) is 0 Å². The monoisotopic (exact) mass is 446 g/mol. The molecule has 1 aliphatic heterocycles. The van der Waals surface area contributed by atoms with E-state index in [1.807, 2.05) is 54.6 Å². The first-order valence-electron chi connectivity index (χ1n) is 11.8. The van der Waals surface area contributed by atoms with Gasteiger partial charge in [-0.2, -0.15) is 0 Å². The van der Waals surface area contributed by atoms with Gasteiger partial charge in [0.05, 0.1) is 11.6 Å². The summed E-state index contributed by atoms with van der Waals surface area (Å²) in [6, 6.07) is 16.9. The smallest absolute Gasteiger partial charge is 0.290 e. The van der Waals surface area contributed by atoms with Gasteiger partial charge in [0.15, 0.2) is 11.5 Å². The van der Waals surface area contributed by atoms with Crippen LogP contribution in [0.4, 0.5) is 0 Å². The Balaban J connectivity index is 1.90. The van der Waals surface area contributed by atoms with Gasteiger partial charge in [0, 0.05) is 6.54 Å². The number of hydrogen-bond acceptors (Lipinski definition) is 4. The fraction of sp³-hybridized carbons (Fsp3) is 0.357. The first-order valence-corrected chi connectivity index (χ1v) is 11.8. The zero-order valence-corrected chi connectivity index (χ0v) is 19.8. The van der Waals surface area contributed by atoms with Gasteiger partial charge >= 0.3 is 0 Å². The van der Waals surface area contributed by atoms with Crippen molar-refractivity contribution in [1.82, 2.24) is 9.80 Å². The SMILES string of the molecule is CCc1ccc(C2C(C(=O)/C=C/c3ccccc3)=C(O)C(=O)N2CCCN(CC)CC)cc1. The van der Waals surface area contributed by atoms with Gasteiger partial charge in [-0.05, 0) is 55.2 Å². The molecule has 3 rings (SSSR count). The second-order valence-corrected chi connectivity index (χ2v) is 8.25. The highest BCUT2D eigenvalue weighted by Crippen LogP contribution is 2.38. The van der Waals surface area contributed by atoms with Crippen molar-refractivity contribution in [2.24, 2.45) is 0 Å². The lowest BCUT2D eigenvalue weighted by Gasteiger charge is -2.28. The molecule has 0 fully saturated rings. The van der Waals surface area contributed by atoms with Gasteiger partial charge in [-0.1, -0.05) is 81.4 Å². The molecule has 5 heteroatoms. The molecule has 5 nitrogen and oxygen atoms in total. The Bertz CT molecular complexity index is 1010. The third-order valence-electron chi connectivity index (χ3n) is 6.27. The van der Waals surface area contributed by atoms with Crippen LogP contribution in [0.5, 0.6) is 0 Å². The highest BCUT2D eigenvalue weighted by atomic mass is 16.3. The van der Waals surface area contributed by atoms with Crippen LogP contribution in [0.1, 0.15) is 49.9 Å². The molecule has 0 saturated carbocycles. The summed E-state index contributed by atoms with van der Waals surface area (Å²) in [6.07, 6.45) is 4.84. The quantitative estimate of drug-likeness (QED) is 0.496. The molecule has 174 valence electrons. The average molecular weight is 447 g/mol. The second-order valence-electron chi connectivity index (χ2n) is 8.25. The number of ketones is 1. The van der Waals surface area contributed by atoms with E-state index >= 15 is 0 Å². The molecular weight excluding hydrogens is 412 g/mol. The zero-order chi connectivity index (χ0) is 23.8. The number of nitrogens with zero attached hydrogens (tertiary/aromatic N) is 2.